The summed E-state index contributed by atoms with van der Waals surface area (Å²) in [6.45, 7) is 11.5. The van der Waals surface area contributed by atoms with Crippen molar-refractivity contribution in [1.82, 2.24) is 0 Å². The van der Waals surface area contributed by atoms with Crippen molar-refractivity contribution in [2.24, 2.45) is 11.8 Å². The van der Waals surface area contributed by atoms with E-state index in [1.807, 2.05) is 0 Å². The third-order valence-corrected chi connectivity index (χ3v) is 5.18. The van der Waals surface area contributed by atoms with Crippen molar-refractivity contribution in [2.75, 3.05) is 7.11 Å². The zero-order valence-corrected chi connectivity index (χ0v) is 20.0. The fraction of sp³-hybridized carbons (Fsp3) is 0.625. The lowest BCUT2D eigenvalue weighted by Gasteiger charge is -2.44. The second-order valence-corrected chi connectivity index (χ2v) is 10.5. The molecule has 1 aliphatic rings. The standard InChI is InChI=1S/C24H34O8/c1-22(2,3)31-20(27)18-15(26)12-24(7,29)19(21(28)32-23(4,5)6)17(18)13-9-10-14(25)16(11-13)30-8/h9-11,17-19,25,29H,12H2,1-8H3/t17-,18-,19+,24-/m0/s1. The van der Waals surface area contributed by atoms with E-state index in [0.717, 1.165) is 0 Å². The van der Waals surface area contributed by atoms with E-state index in [4.69, 9.17) is 14.2 Å². The molecule has 1 aromatic carbocycles. The summed E-state index contributed by atoms with van der Waals surface area (Å²) in [4.78, 5) is 39.5. The molecule has 8 nitrogen and oxygen atoms in total. The van der Waals surface area contributed by atoms with Gasteiger partial charge in [-0.3, -0.25) is 14.4 Å². The first kappa shape index (κ1) is 25.6. The van der Waals surface area contributed by atoms with E-state index in [2.05, 4.69) is 0 Å². The van der Waals surface area contributed by atoms with Crippen LogP contribution >= 0.6 is 0 Å². The van der Waals surface area contributed by atoms with E-state index in [1.54, 1.807) is 41.5 Å². The van der Waals surface area contributed by atoms with Gasteiger partial charge in [-0.1, -0.05) is 6.07 Å². The first-order valence-corrected chi connectivity index (χ1v) is 10.5. The van der Waals surface area contributed by atoms with Crippen LogP contribution in [0, 0.1) is 11.8 Å². The number of rotatable bonds is 4. The molecule has 2 rings (SSSR count). The first-order valence-electron chi connectivity index (χ1n) is 10.5. The highest BCUT2D eigenvalue weighted by Gasteiger charge is 2.58. The van der Waals surface area contributed by atoms with Crippen LogP contribution in [0.1, 0.15) is 66.4 Å². The summed E-state index contributed by atoms with van der Waals surface area (Å²) in [5.41, 5.74) is -3.13. The molecule has 0 heterocycles. The number of esters is 2. The van der Waals surface area contributed by atoms with Crippen molar-refractivity contribution in [1.29, 1.82) is 0 Å². The second kappa shape index (κ2) is 8.73. The Balaban J connectivity index is 2.70. The Labute approximate surface area is 188 Å². The topological polar surface area (TPSA) is 119 Å². The average molecular weight is 451 g/mol. The number of carbonyl (C=O) groups excluding carboxylic acids is 3. The Morgan fingerprint density at radius 1 is 1.03 bits per heavy atom. The number of phenolic OH excluding ortho intramolecular Hbond substituents is 1. The van der Waals surface area contributed by atoms with Crippen LogP contribution in [0.15, 0.2) is 18.2 Å². The highest BCUT2D eigenvalue weighted by molar-refractivity contribution is 6.03. The minimum Gasteiger partial charge on any atom is -0.504 e. The summed E-state index contributed by atoms with van der Waals surface area (Å²) in [6.07, 6.45) is -0.410. The highest BCUT2D eigenvalue weighted by Crippen LogP contribution is 2.48. The van der Waals surface area contributed by atoms with Gasteiger partial charge in [0.2, 0.25) is 0 Å². The minimum absolute atomic E-state index is 0.103. The first-order chi connectivity index (χ1) is 14.5. The second-order valence-electron chi connectivity index (χ2n) is 10.5. The Hall–Kier alpha value is -2.61. The largest absolute Gasteiger partial charge is 0.504 e. The highest BCUT2D eigenvalue weighted by atomic mass is 16.6. The Morgan fingerprint density at radius 2 is 1.56 bits per heavy atom. The van der Waals surface area contributed by atoms with Gasteiger partial charge in [0.25, 0.3) is 0 Å². The van der Waals surface area contributed by atoms with Crippen LogP contribution < -0.4 is 4.74 Å². The number of ether oxygens (including phenoxy) is 3. The van der Waals surface area contributed by atoms with Gasteiger partial charge in [0.15, 0.2) is 17.3 Å². The number of aliphatic hydroxyl groups is 1. The normalized spacial score (nSPS) is 26.4. The zero-order chi connectivity index (χ0) is 24.6. The van der Waals surface area contributed by atoms with Gasteiger partial charge >= 0.3 is 11.9 Å². The molecule has 1 aromatic rings. The fourth-order valence-electron chi connectivity index (χ4n) is 4.05. The Bertz CT molecular complexity index is 888. The molecule has 1 fully saturated rings. The number of hydrogen-bond donors (Lipinski definition) is 2. The molecule has 178 valence electrons. The van der Waals surface area contributed by atoms with Crippen molar-refractivity contribution < 1.29 is 38.8 Å². The lowest BCUT2D eigenvalue weighted by atomic mass is 9.61. The lowest BCUT2D eigenvalue weighted by Crippen LogP contribution is -2.56. The van der Waals surface area contributed by atoms with Crippen LogP contribution in [0.5, 0.6) is 11.5 Å². The molecule has 1 saturated carbocycles. The van der Waals surface area contributed by atoms with Gasteiger partial charge in [-0.25, -0.2) is 0 Å². The third-order valence-electron chi connectivity index (χ3n) is 5.18. The molecule has 4 atom stereocenters. The zero-order valence-electron chi connectivity index (χ0n) is 20.0. The maximum Gasteiger partial charge on any atom is 0.317 e. The van der Waals surface area contributed by atoms with Crippen LogP contribution in [-0.4, -0.2) is 51.8 Å². The van der Waals surface area contributed by atoms with E-state index >= 15 is 0 Å². The molecule has 0 unspecified atom stereocenters. The predicted molar refractivity (Wildman–Crippen MR) is 116 cm³/mol. The van der Waals surface area contributed by atoms with Crippen molar-refractivity contribution in [3.05, 3.63) is 23.8 Å². The van der Waals surface area contributed by atoms with Gasteiger partial charge in [-0.05, 0) is 66.2 Å². The van der Waals surface area contributed by atoms with E-state index in [9.17, 15) is 24.6 Å². The smallest absolute Gasteiger partial charge is 0.317 e. The maximum atomic E-state index is 13.3. The average Bonchev–Trinajstić information content (AvgIpc) is 2.57. The van der Waals surface area contributed by atoms with E-state index in [-0.39, 0.29) is 11.5 Å². The maximum absolute atomic E-state index is 13.3. The molecule has 0 bridgehead atoms. The fourth-order valence-corrected chi connectivity index (χ4v) is 4.05. The number of benzene rings is 1. The van der Waals surface area contributed by atoms with Crippen molar-refractivity contribution in [3.8, 4) is 11.5 Å². The molecular formula is C24H34O8. The lowest BCUT2D eigenvalue weighted by molar-refractivity contribution is -0.182. The van der Waals surface area contributed by atoms with Gasteiger partial charge in [0.05, 0.1) is 18.6 Å². The SMILES string of the molecule is COc1cc([C@H]2[C@@H](C(=O)OC(C)(C)C)C(=O)C[C@](C)(O)[C@H]2C(=O)OC(C)(C)C)ccc1O. The molecule has 0 saturated heterocycles. The van der Waals surface area contributed by atoms with Crippen molar-refractivity contribution >= 4 is 17.7 Å². The molecule has 0 aliphatic heterocycles. The molecule has 2 N–H and O–H groups in total. The molecule has 0 spiro atoms. The van der Waals surface area contributed by atoms with E-state index in [0.29, 0.717) is 5.56 Å². The number of Topliss-reactive ketones (excluding diaryl/α,β-unsaturated/α-hetero) is 1. The van der Waals surface area contributed by atoms with Crippen LogP contribution in [0.25, 0.3) is 0 Å². The van der Waals surface area contributed by atoms with Crippen LogP contribution in [-0.2, 0) is 23.9 Å². The molecule has 32 heavy (non-hydrogen) atoms. The molecular weight excluding hydrogens is 416 g/mol. The van der Waals surface area contributed by atoms with Gasteiger partial charge in [-0.2, -0.15) is 0 Å². The molecule has 0 aromatic heterocycles. The van der Waals surface area contributed by atoms with E-state index < -0.39 is 58.7 Å². The quantitative estimate of drug-likeness (QED) is 0.530. The van der Waals surface area contributed by atoms with Crippen molar-refractivity contribution in [2.45, 2.75) is 77.6 Å². The minimum atomic E-state index is -1.77. The van der Waals surface area contributed by atoms with Crippen LogP contribution in [0.3, 0.4) is 0 Å². The summed E-state index contributed by atoms with van der Waals surface area (Å²) < 4.78 is 16.2. The van der Waals surface area contributed by atoms with Gasteiger partial charge in [-0.15, -0.1) is 0 Å². The molecule has 0 radical (unpaired) electrons. The number of aromatic hydroxyl groups is 1. The third kappa shape index (κ3) is 5.79. The van der Waals surface area contributed by atoms with Gasteiger partial charge in [0, 0.05) is 12.3 Å². The van der Waals surface area contributed by atoms with Gasteiger partial charge < -0.3 is 24.4 Å². The molecule has 8 heteroatoms. The number of hydrogen-bond acceptors (Lipinski definition) is 8. The van der Waals surface area contributed by atoms with Crippen molar-refractivity contribution in [3.63, 3.8) is 0 Å². The summed E-state index contributed by atoms with van der Waals surface area (Å²) in [5, 5.41) is 21.2. The Morgan fingerprint density at radius 3 is 2.06 bits per heavy atom. The Kier molecular flexibility index (Phi) is 7.00. The molecule has 1 aliphatic carbocycles. The number of phenols is 1. The number of methoxy groups -OCH3 is 1. The number of ketones is 1. The van der Waals surface area contributed by atoms with Gasteiger partial charge in [0.1, 0.15) is 17.1 Å². The summed E-state index contributed by atoms with van der Waals surface area (Å²) in [7, 11) is 1.36. The van der Waals surface area contributed by atoms with Crippen LogP contribution in [0.4, 0.5) is 0 Å². The predicted octanol–water partition coefficient (Wildman–Crippen LogP) is 3.12. The monoisotopic (exact) mass is 450 g/mol. The summed E-state index contributed by atoms with van der Waals surface area (Å²) in [5.74, 6) is -5.79. The summed E-state index contributed by atoms with van der Waals surface area (Å²) in [6, 6.07) is 4.29. The van der Waals surface area contributed by atoms with E-state index in [1.165, 1.54) is 32.2 Å². The summed E-state index contributed by atoms with van der Waals surface area (Å²) >= 11 is 0. The number of carbonyl (C=O) groups is 3. The van der Waals surface area contributed by atoms with Crippen LogP contribution in [0.2, 0.25) is 0 Å². The molecule has 0 amide bonds.